The smallest absolute Gasteiger partial charge is 0.331 e. The molecule has 10 atom stereocenters. The van der Waals surface area contributed by atoms with Gasteiger partial charge in [-0.2, -0.15) is 0 Å². The fourth-order valence-corrected chi connectivity index (χ4v) is 12.3. The Bertz CT molecular complexity index is 1440. The topological polar surface area (TPSA) is 101 Å². The van der Waals surface area contributed by atoms with Crippen LogP contribution in [0.2, 0.25) is 0 Å². The molecule has 0 bridgehead atoms. The fraction of sp³-hybridized carbons (Fsp3) is 0.667. The second kappa shape index (κ2) is 10.6. The number of ketones is 1. The molecule has 1 aromatic rings. The molecule has 0 amide bonds. The van der Waals surface area contributed by atoms with E-state index in [1.165, 1.54) is 6.08 Å². The first-order chi connectivity index (χ1) is 21.0. The normalized spacial score (nSPS) is 43.5. The average Bonchev–Trinajstić information content (AvgIpc) is 3.38. The second-order valence-corrected chi connectivity index (χ2v) is 16.7. The molecule has 5 aliphatic rings. The van der Waals surface area contributed by atoms with Crippen LogP contribution in [0.25, 0.3) is 6.08 Å². The highest BCUT2D eigenvalue weighted by Crippen LogP contribution is 2.77. The molecule has 5 aliphatic carbocycles. The molecule has 0 unspecified atom stereocenters. The maximum absolute atomic E-state index is 13.6. The quantitative estimate of drug-likeness (QED) is 0.196. The first-order valence-corrected chi connectivity index (χ1v) is 17.1. The monoisotopic (exact) mass is 616 g/mol. The minimum absolute atomic E-state index is 0.0182. The van der Waals surface area contributed by atoms with Gasteiger partial charge in [0.2, 0.25) is 0 Å². The Balaban J connectivity index is 1.43. The third-order valence-corrected chi connectivity index (χ3v) is 14.8. The Morgan fingerprint density at radius 1 is 0.956 bits per heavy atom. The van der Waals surface area contributed by atoms with Gasteiger partial charge in [-0.3, -0.25) is 9.59 Å². The summed E-state index contributed by atoms with van der Waals surface area (Å²) in [5.74, 6) is 0.0971. The number of hydrogen-bond donors (Lipinski definition) is 2. The number of aromatic hydroxyl groups is 1. The number of ether oxygens (including phenoxy) is 1. The molecule has 0 saturated heterocycles. The van der Waals surface area contributed by atoms with Gasteiger partial charge in [0.25, 0.3) is 0 Å². The van der Waals surface area contributed by atoms with Crippen molar-refractivity contribution in [1.82, 2.24) is 0 Å². The number of carboxylic acid groups (broad SMARTS) is 1. The van der Waals surface area contributed by atoms with Crippen molar-refractivity contribution in [1.29, 1.82) is 0 Å². The first-order valence-electron chi connectivity index (χ1n) is 17.1. The molecule has 5 saturated carbocycles. The highest BCUT2D eigenvalue weighted by Gasteiger charge is 2.75. The molecule has 2 N–H and O–H groups in total. The van der Waals surface area contributed by atoms with Crippen LogP contribution in [-0.2, 0) is 19.1 Å². The Labute approximate surface area is 268 Å². The van der Waals surface area contributed by atoms with Gasteiger partial charge in [0.1, 0.15) is 17.6 Å². The first kappa shape index (κ1) is 32.1. The van der Waals surface area contributed by atoms with Crippen LogP contribution in [0, 0.1) is 56.7 Å². The van der Waals surface area contributed by atoms with Gasteiger partial charge in [-0.1, -0.05) is 58.9 Å². The van der Waals surface area contributed by atoms with Crippen LogP contribution in [0.4, 0.5) is 0 Å². The molecule has 45 heavy (non-hydrogen) atoms. The Morgan fingerprint density at radius 3 is 2.29 bits per heavy atom. The highest BCUT2D eigenvalue weighted by molar-refractivity contribution is 5.87. The second-order valence-electron chi connectivity index (χ2n) is 16.7. The van der Waals surface area contributed by atoms with E-state index < -0.39 is 34.3 Å². The van der Waals surface area contributed by atoms with E-state index in [0.29, 0.717) is 31.5 Å². The molecule has 0 spiro atoms. The van der Waals surface area contributed by atoms with E-state index in [4.69, 9.17) is 4.74 Å². The minimum atomic E-state index is -0.726. The van der Waals surface area contributed by atoms with Crippen molar-refractivity contribution < 1.29 is 29.3 Å². The largest absolute Gasteiger partial charge is 0.508 e. The third kappa shape index (κ3) is 4.43. The number of fused-ring (bicyclic) bond motifs is 7. The molecular weight excluding hydrogens is 564 g/mol. The Kier molecular flexibility index (Phi) is 7.53. The predicted octanol–water partition coefficient (Wildman–Crippen LogP) is 8.24. The van der Waals surface area contributed by atoms with Gasteiger partial charge in [-0.15, -0.1) is 0 Å². The van der Waals surface area contributed by atoms with Gasteiger partial charge in [0.15, 0.2) is 0 Å². The molecule has 6 heteroatoms. The number of carboxylic acids is 1. The predicted molar refractivity (Wildman–Crippen MR) is 174 cm³/mol. The zero-order valence-electron chi connectivity index (χ0n) is 28.0. The number of hydrogen-bond acceptors (Lipinski definition) is 5. The molecule has 0 heterocycles. The zero-order chi connectivity index (χ0) is 32.7. The lowest BCUT2D eigenvalue weighted by Gasteiger charge is -2.73. The van der Waals surface area contributed by atoms with Crippen LogP contribution in [-0.4, -0.2) is 34.0 Å². The van der Waals surface area contributed by atoms with Gasteiger partial charge in [-0.25, -0.2) is 4.79 Å². The number of phenolic OH excluding ortho intramolecular Hbond substituents is 1. The number of allylic oxidation sites excluding steroid dienone is 1. The number of carbonyl (C=O) groups is 3. The van der Waals surface area contributed by atoms with E-state index in [-0.39, 0.29) is 46.2 Å². The van der Waals surface area contributed by atoms with Crippen LogP contribution in [0.1, 0.15) is 105 Å². The van der Waals surface area contributed by atoms with Gasteiger partial charge >= 0.3 is 11.9 Å². The number of phenols is 1. The van der Waals surface area contributed by atoms with E-state index >= 15 is 0 Å². The molecular formula is C39H52O6. The van der Waals surface area contributed by atoms with Crippen LogP contribution < -0.4 is 0 Å². The summed E-state index contributed by atoms with van der Waals surface area (Å²) in [4.78, 5) is 40.1. The maximum atomic E-state index is 13.6. The molecule has 1 aromatic carbocycles. The van der Waals surface area contributed by atoms with E-state index in [1.807, 2.05) is 0 Å². The number of benzene rings is 1. The van der Waals surface area contributed by atoms with Gasteiger partial charge in [-0.05, 0) is 122 Å². The van der Waals surface area contributed by atoms with Gasteiger partial charge in [0, 0.05) is 23.3 Å². The molecule has 0 radical (unpaired) electrons. The van der Waals surface area contributed by atoms with Crippen molar-refractivity contribution in [3.05, 3.63) is 48.1 Å². The molecule has 0 aliphatic heterocycles. The summed E-state index contributed by atoms with van der Waals surface area (Å²) in [6.07, 6.45) is 9.74. The summed E-state index contributed by atoms with van der Waals surface area (Å²) in [6, 6.07) is 6.68. The number of esters is 1. The lowest BCUT2D eigenvalue weighted by atomic mass is 9.31. The summed E-state index contributed by atoms with van der Waals surface area (Å²) in [5, 5.41) is 20.4. The Hall–Kier alpha value is -2.89. The van der Waals surface area contributed by atoms with E-state index in [0.717, 1.165) is 43.2 Å². The van der Waals surface area contributed by atoms with Crippen molar-refractivity contribution in [3.63, 3.8) is 0 Å². The van der Waals surface area contributed by atoms with Crippen LogP contribution in [0.5, 0.6) is 5.75 Å². The standard InChI is InChI=1S/C39H52O6/c1-23(2)26-16-19-39(34(43)44)21-20-37(6)27(33(26)39)13-14-28-36(5)18-17-30(41)35(3,4)29(36)22-31(38(28,37)7)45-32(42)15-10-24-8-11-25(40)12-9-24/h8-12,15,26-29,31,33,40H,1,13-14,16-22H2,2-7H3,(H,43,44)/b15-10+/t26-,27-,28+,29-,31-,33+,36-,37+,38-,39-/m0/s1. The highest BCUT2D eigenvalue weighted by atomic mass is 16.5. The van der Waals surface area contributed by atoms with E-state index in [2.05, 4.69) is 48.1 Å². The van der Waals surface area contributed by atoms with Gasteiger partial charge in [0.05, 0.1) is 5.41 Å². The molecule has 0 aromatic heterocycles. The molecule has 6 nitrogen and oxygen atoms in total. The van der Waals surface area contributed by atoms with Crippen molar-refractivity contribution in [3.8, 4) is 5.75 Å². The fourth-order valence-electron chi connectivity index (χ4n) is 12.3. The van der Waals surface area contributed by atoms with Crippen molar-refractivity contribution in [2.24, 2.45) is 56.7 Å². The number of carbonyl (C=O) groups excluding carboxylic acids is 2. The maximum Gasteiger partial charge on any atom is 0.331 e. The summed E-state index contributed by atoms with van der Waals surface area (Å²) in [5.41, 5.74) is -0.0926. The Morgan fingerprint density at radius 2 is 1.64 bits per heavy atom. The summed E-state index contributed by atoms with van der Waals surface area (Å²) >= 11 is 0. The summed E-state index contributed by atoms with van der Waals surface area (Å²) < 4.78 is 6.58. The van der Waals surface area contributed by atoms with Crippen LogP contribution in [0.15, 0.2) is 42.5 Å². The lowest BCUT2D eigenvalue weighted by molar-refractivity contribution is -0.274. The minimum Gasteiger partial charge on any atom is -0.508 e. The number of aliphatic carboxylic acids is 1. The molecule has 6 rings (SSSR count). The lowest BCUT2D eigenvalue weighted by Crippen LogP contribution is -2.71. The number of Topliss-reactive ketones (excluding diaryl/α,β-unsaturated/α-hetero) is 1. The van der Waals surface area contributed by atoms with Crippen molar-refractivity contribution in [2.45, 2.75) is 105 Å². The third-order valence-electron chi connectivity index (χ3n) is 14.8. The molecule has 244 valence electrons. The average molecular weight is 617 g/mol. The zero-order valence-corrected chi connectivity index (χ0v) is 28.0. The SMILES string of the molecule is C=C(C)[C@@H]1CC[C@]2(C(=O)O)CC[C@]3(C)[C@@H](CC[C@@H]4[C@]5(C)CCC(=O)C(C)(C)[C@@H]5C[C@H](OC(=O)/C=C/c5ccc(O)cc5)[C@]43C)[C@@H]12. The van der Waals surface area contributed by atoms with Gasteiger partial charge < -0.3 is 14.9 Å². The van der Waals surface area contributed by atoms with Crippen LogP contribution >= 0.6 is 0 Å². The summed E-state index contributed by atoms with van der Waals surface area (Å²) in [7, 11) is 0. The van der Waals surface area contributed by atoms with E-state index in [1.54, 1.807) is 30.3 Å². The number of rotatable bonds is 5. The summed E-state index contributed by atoms with van der Waals surface area (Å²) in [6.45, 7) is 17.8. The van der Waals surface area contributed by atoms with E-state index in [9.17, 15) is 24.6 Å². The van der Waals surface area contributed by atoms with Crippen molar-refractivity contribution >= 4 is 23.8 Å². The van der Waals surface area contributed by atoms with Crippen molar-refractivity contribution in [2.75, 3.05) is 0 Å². The van der Waals surface area contributed by atoms with Crippen LogP contribution in [0.3, 0.4) is 0 Å². The molecule has 5 fully saturated rings.